The Morgan fingerprint density at radius 1 is 1.22 bits per heavy atom. The summed E-state index contributed by atoms with van der Waals surface area (Å²) in [5.41, 5.74) is -0.0337. The molecule has 102 valence electrons. The van der Waals surface area contributed by atoms with E-state index < -0.39 is 0 Å². The van der Waals surface area contributed by atoms with Gasteiger partial charge >= 0.3 is 0 Å². The Bertz CT molecular complexity index is 388. The summed E-state index contributed by atoms with van der Waals surface area (Å²) in [5, 5.41) is 4.57. The summed E-state index contributed by atoms with van der Waals surface area (Å²) in [4.78, 5) is 7.06. The smallest absolute Gasteiger partial charge is 0.176 e. The maximum atomic E-state index is 5.13. The number of nitrogens with zero attached hydrogens (tertiary/aromatic N) is 4. The minimum Gasteiger partial charge on any atom is -0.377 e. The molecule has 0 spiro atoms. The number of aromatic nitrogens is 3. The van der Waals surface area contributed by atoms with E-state index in [2.05, 4.69) is 35.8 Å². The van der Waals surface area contributed by atoms with Crippen molar-refractivity contribution in [2.24, 2.45) is 0 Å². The topological polar surface area (TPSA) is 43.2 Å². The Balaban J connectivity index is 2.19. The third-order valence-electron chi connectivity index (χ3n) is 3.19. The van der Waals surface area contributed by atoms with Crippen LogP contribution in [0.3, 0.4) is 0 Å². The van der Waals surface area contributed by atoms with Gasteiger partial charge in [-0.05, 0) is 46.7 Å². The molecular formula is C13H24N4O. The zero-order valence-corrected chi connectivity index (χ0v) is 11.9. The Labute approximate surface area is 109 Å². The van der Waals surface area contributed by atoms with Crippen LogP contribution in [0.1, 0.15) is 45.3 Å². The van der Waals surface area contributed by atoms with Crippen LogP contribution in [-0.4, -0.2) is 39.9 Å². The molecule has 1 aliphatic heterocycles. The molecule has 5 nitrogen and oxygen atoms in total. The average molecular weight is 252 g/mol. The SMILES string of the molecule is COCc1nc(CN2CCCC2)n(C(C)(C)C)n1. The monoisotopic (exact) mass is 252 g/mol. The molecule has 0 radical (unpaired) electrons. The van der Waals surface area contributed by atoms with Crippen molar-refractivity contribution in [1.29, 1.82) is 0 Å². The van der Waals surface area contributed by atoms with Crippen molar-refractivity contribution >= 4 is 0 Å². The second kappa shape index (κ2) is 5.36. The normalized spacial score (nSPS) is 17.6. The maximum absolute atomic E-state index is 5.13. The molecule has 0 unspecified atom stereocenters. The van der Waals surface area contributed by atoms with E-state index in [9.17, 15) is 0 Å². The number of hydrogen-bond donors (Lipinski definition) is 0. The highest BCUT2D eigenvalue weighted by Gasteiger charge is 2.23. The van der Waals surface area contributed by atoms with E-state index in [4.69, 9.17) is 4.74 Å². The van der Waals surface area contributed by atoms with Gasteiger partial charge < -0.3 is 4.74 Å². The van der Waals surface area contributed by atoms with Crippen LogP contribution < -0.4 is 0 Å². The van der Waals surface area contributed by atoms with Crippen LogP contribution in [0.5, 0.6) is 0 Å². The maximum Gasteiger partial charge on any atom is 0.176 e. The van der Waals surface area contributed by atoms with E-state index in [0.717, 1.165) is 18.2 Å². The molecule has 2 heterocycles. The van der Waals surface area contributed by atoms with Gasteiger partial charge in [0.25, 0.3) is 0 Å². The van der Waals surface area contributed by atoms with Gasteiger partial charge in [-0.15, -0.1) is 0 Å². The van der Waals surface area contributed by atoms with Crippen LogP contribution >= 0.6 is 0 Å². The first kappa shape index (κ1) is 13.5. The lowest BCUT2D eigenvalue weighted by atomic mass is 10.1. The zero-order valence-electron chi connectivity index (χ0n) is 11.9. The van der Waals surface area contributed by atoms with E-state index in [-0.39, 0.29) is 5.54 Å². The van der Waals surface area contributed by atoms with E-state index in [1.807, 2.05) is 4.68 Å². The summed E-state index contributed by atoms with van der Waals surface area (Å²) in [6.45, 7) is 10.2. The van der Waals surface area contributed by atoms with Crippen molar-refractivity contribution in [1.82, 2.24) is 19.7 Å². The molecule has 1 aromatic heterocycles. The predicted octanol–water partition coefficient (Wildman–Crippen LogP) is 1.78. The van der Waals surface area contributed by atoms with Gasteiger partial charge in [0.1, 0.15) is 12.4 Å². The number of ether oxygens (including phenoxy) is 1. The summed E-state index contributed by atoms with van der Waals surface area (Å²) in [7, 11) is 1.68. The van der Waals surface area contributed by atoms with Crippen molar-refractivity contribution in [3.8, 4) is 0 Å². The van der Waals surface area contributed by atoms with Crippen LogP contribution in [-0.2, 0) is 23.4 Å². The molecule has 1 fully saturated rings. The van der Waals surface area contributed by atoms with Crippen molar-refractivity contribution < 1.29 is 4.74 Å². The van der Waals surface area contributed by atoms with Crippen molar-refractivity contribution in [2.75, 3.05) is 20.2 Å². The third-order valence-corrected chi connectivity index (χ3v) is 3.19. The molecule has 2 rings (SSSR count). The highest BCUT2D eigenvalue weighted by atomic mass is 16.5. The molecule has 0 N–H and O–H groups in total. The molecule has 0 amide bonds. The van der Waals surface area contributed by atoms with Crippen molar-refractivity contribution in [2.45, 2.75) is 52.3 Å². The first-order valence-electron chi connectivity index (χ1n) is 6.67. The fraction of sp³-hybridized carbons (Fsp3) is 0.846. The molecule has 0 aliphatic carbocycles. The van der Waals surface area contributed by atoms with E-state index in [1.54, 1.807) is 7.11 Å². The van der Waals surface area contributed by atoms with Gasteiger partial charge in [-0.1, -0.05) is 0 Å². The largest absolute Gasteiger partial charge is 0.377 e. The number of methoxy groups -OCH3 is 1. The van der Waals surface area contributed by atoms with Gasteiger partial charge in [-0.25, -0.2) is 9.67 Å². The molecule has 0 saturated carbocycles. The van der Waals surface area contributed by atoms with E-state index in [1.165, 1.54) is 25.9 Å². The number of rotatable bonds is 4. The number of likely N-dealkylation sites (tertiary alicyclic amines) is 1. The summed E-state index contributed by atoms with van der Waals surface area (Å²) >= 11 is 0. The molecule has 1 aromatic rings. The van der Waals surface area contributed by atoms with Gasteiger partial charge in [-0.3, -0.25) is 4.90 Å². The van der Waals surface area contributed by atoms with Crippen LogP contribution in [0.15, 0.2) is 0 Å². The molecule has 1 aliphatic rings. The standard InChI is InChI=1S/C13H24N4O/c1-13(2,3)17-12(9-16-7-5-6-8-16)14-11(15-17)10-18-4/h5-10H2,1-4H3. The third kappa shape index (κ3) is 3.09. The molecule has 18 heavy (non-hydrogen) atoms. The van der Waals surface area contributed by atoms with Crippen molar-refractivity contribution in [3.63, 3.8) is 0 Å². The highest BCUT2D eigenvalue weighted by molar-refractivity contribution is 4.97. The first-order valence-corrected chi connectivity index (χ1v) is 6.67. The van der Waals surface area contributed by atoms with Crippen LogP contribution in [0.4, 0.5) is 0 Å². The molecular weight excluding hydrogens is 228 g/mol. The molecule has 0 atom stereocenters. The zero-order chi connectivity index (χ0) is 13.2. The fourth-order valence-electron chi connectivity index (χ4n) is 2.36. The minimum atomic E-state index is -0.0337. The first-order chi connectivity index (χ1) is 8.50. The molecule has 0 bridgehead atoms. The lowest BCUT2D eigenvalue weighted by molar-refractivity contribution is 0.176. The van der Waals surface area contributed by atoms with Crippen LogP contribution in [0, 0.1) is 0 Å². The second-order valence-corrected chi connectivity index (χ2v) is 5.94. The minimum absolute atomic E-state index is 0.0337. The molecule has 0 aromatic carbocycles. The molecule has 5 heteroatoms. The Hall–Kier alpha value is -0.940. The Morgan fingerprint density at radius 3 is 2.44 bits per heavy atom. The predicted molar refractivity (Wildman–Crippen MR) is 70.2 cm³/mol. The highest BCUT2D eigenvalue weighted by Crippen LogP contribution is 2.18. The van der Waals surface area contributed by atoms with Gasteiger partial charge in [0, 0.05) is 7.11 Å². The van der Waals surface area contributed by atoms with Crippen molar-refractivity contribution in [3.05, 3.63) is 11.6 Å². The summed E-state index contributed by atoms with van der Waals surface area (Å²) in [6.07, 6.45) is 2.60. The quantitative estimate of drug-likeness (QED) is 0.819. The van der Waals surface area contributed by atoms with E-state index in [0.29, 0.717) is 6.61 Å². The van der Waals surface area contributed by atoms with Gasteiger partial charge in [-0.2, -0.15) is 5.10 Å². The second-order valence-electron chi connectivity index (χ2n) is 5.94. The summed E-state index contributed by atoms with van der Waals surface area (Å²) < 4.78 is 7.17. The van der Waals surface area contributed by atoms with Crippen LogP contribution in [0.2, 0.25) is 0 Å². The van der Waals surface area contributed by atoms with Gasteiger partial charge in [0.15, 0.2) is 5.82 Å². The Kier molecular flexibility index (Phi) is 4.02. The fourth-order valence-corrected chi connectivity index (χ4v) is 2.36. The lowest BCUT2D eigenvalue weighted by Gasteiger charge is -2.23. The van der Waals surface area contributed by atoms with Gasteiger partial charge in [0.05, 0.1) is 12.1 Å². The Morgan fingerprint density at radius 2 is 1.89 bits per heavy atom. The van der Waals surface area contributed by atoms with Gasteiger partial charge in [0.2, 0.25) is 0 Å². The van der Waals surface area contributed by atoms with E-state index >= 15 is 0 Å². The average Bonchev–Trinajstić information content (AvgIpc) is 2.88. The number of hydrogen-bond acceptors (Lipinski definition) is 4. The van der Waals surface area contributed by atoms with Crippen LogP contribution in [0.25, 0.3) is 0 Å². The molecule has 1 saturated heterocycles. The summed E-state index contributed by atoms with van der Waals surface area (Å²) in [5.74, 6) is 1.83. The summed E-state index contributed by atoms with van der Waals surface area (Å²) in [6, 6.07) is 0. The lowest BCUT2D eigenvalue weighted by Crippen LogP contribution is -2.29.